The third-order valence-corrected chi connectivity index (χ3v) is 8.90. The summed E-state index contributed by atoms with van der Waals surface area (Å²) in [6.45, 7) is 4.75. The van der Waals surface area contributed by atoms with Gasteiger partial charge in [0.05, 0.1) is 6.10 Å². The van der Waals surface area contributed by atoms with Crippen molar-refractivity contribution in [3.63, 3.8) is 0 Å². The second-order valence-corrected chi connectivity index (χ2v) is 9.32. The molecule has 1 unspecified atom stereocenters. The van der Waals surface area contributed by atoms with Crippen LogP contribution in [0.15, 0.2) is 0 Å². The largest absolute Gasteiger partial charge is 0.393 e. The van der Waals surface area contributed by atoms with E-state index in [1.54, 1.807) is 0 Å². The lowest BCUT2D eigenvalue weighted by molar-refractivity contribution is -0.133. The summed E-state index contributed by atoms with van der Waals surface area (Å²) >= 11 is 0. The minimum atomic E-state index is -0.103. The lowest BCUT2D eigenvalue weighted by Gasteiger charge is -2.59. The van der Waals surface area contributed by atoms with Crippen LogP contribution in [0.5, 0.6) is 0 Å². The van der Waals surface area contributed by atoms with Gasteiger partial charge in [0.25, 0.3) is 0 Å². The molecule has 5 fully saturated rings. The summed E-state index contributed by atoms with van der Waals surface area (Å²) in [4.78, 5) is 12.1. The highest BCUT2D eigenvalue weighted by Crippen LogP contribution is 2.72. The molecule has 0 aromatic heterocycles. The van der Waals surface area contributed by atoms with Gasteiger partial charge in [-0.25, -0.2) is 0 Å². The number of ether oxygens (including phenoxy) is 1. The van der Waals surface area contributed by atoms with Gasteiger partial charge in [0.1, 0.15) is 11.7 Å². The van der Waals surface area contributed by atoms with Crippen LogP contribution < -0.4 is 0 Å². The second-order valence-electron chi connectivity index (χ2n) is 9.32. The fourth-order valence-electron chi connectivity index (χ4n) is 7.47. The molecule has 0 radical (unpaired) electrons. The molecule has 1 spiro atoms. The molecular weight excluding hydrogens is 276 g/mol. The van der Waals surface area contributed by atoms with E-state index in [0.29, 0.717) is 17.6 Å². The molecule has 4 saturated carbocycles. The number of aliphatic hydroxyl groups excluding tert-OH is 1. The molecule has 1 aliphatic heterocycles. The number of carbonyl (C=O) groups excluding carboxylic acids is 1. The van der Waals surface area contributed by atoms with Crippen LogP contribution in [0.3, 0.4) is 0 Å². The Bertz CT molecular complexity index is 545. The summed E-state index contributed by atoms with van der Waals surface area (Å²) in [5, 5.41) is 10.5. The average Bonchev–Trinajstić information content (AvgIpc) is 3.17. The van der Waals surface area contributed by atoms with Crippen LogP contribution in [-0.2, 0) is 9.53 Å². The topological polar surface area (TPSA) is 49.8 Å². The van der Waals surface area contributed by atoms with Crippen LogP contribution in [0, 0.1) is 28.6 Å². The van der Waals surface area contributed by atoms with Crippen LogP contribution in [0.2, 0.25) is 0 Å². The van der Waals surface area contributed by atoms with Crippen molar-refractivity contribution in [1.29, 1.82) is 0 Å². The van der Waals surface area contributed by atoms with E-state index in [9.17, 15) is 9.90 Å². The minimum Gasteiger partial charge on any atom is -0.393 e. The van der Waals surface area contributed by atoms with E-state index in [1.165, 1.54) is 19.3 Å². The van der Waals surface area contributed by atoms with Gasteiger partial charge in [-0.05, 0) is 68.1 Å². The van der Waals surface area contributed by atoms with Crippen LogP contribution in [0.4, 0.5) is 0 Å². The third-order valence-electron chi connectivity index (χ3n) is 8.90. The van der Waals surface area contributed by atoms with Crippen molar-refractivity contribution in [1.82, 2.24) is 0 Å². The first-order chi connectivity index (χ1) is 10.4. The maximum absolute atomic E-state index is 12.1. The monoisotopic (exact) mass is 304 g/mol. The number of aliphatic hydroxyl groups is 1. The lowest BCUT2D eigenvalue weighted by Crippen LogP contribution is -2.58. The molecule has 3 nitrogen and oxygen atoms in total. The number of hydrogen-bond acceptors (Lipinski definition) is 3. The highest BCUT2D eigenvalue weighted by Gasteiger charge is 2.76. The number of fused-ring (bicyclic) bond motifs is 4. The number of rotatable bonds is 0. The molecule has 1 saturated heterocycles. The van der Waals surface area contributed by atoms with Crippen molar-refractivity contribution in [3.05, 3.63) is 0 Å². The van der Waals surface area contributed by atoms with Gasteiger partial charge >= 0.3 is 0 Å². The second kappa shape index (κ2) is 3.97. The van der Waals surface area contributed by atoms with E-state index in [-0.39, 0.29) is 28.6 Å². The van der Waals surface area contributed by atoms with Crippen LogP contribution in [0.1, 0.15) is 65.2 Å². The van der Waals surface area contributed by atoms with Crippen molar-refractivity contribution < 1.29 is 14.6 Å². The Hall–Kier alpha value is -0.410. The number of epoxide rings is 1. The van der Waals surface area contributed by atoms with E-state index in [1.807, 2.05) is 0 Å². The molecule has 3 heteroatoms. The fraction of sp³-hybridized carbons (Fsp3) is 0.947. The smallest absolute Gasteiger partial charge is 0.164 e. The highest BCUT2D eigenvalue weighted by molar-refractivity contribution is 5.88. The van der Waals surface area contributed by atoms with Crippen molar-refractivity contribution in [2.45, 2.75) is 83.0 Å². The SMILES string of the molecule is C[C@]12CC[C@H]3[C@@H](CCC45O[C@H]4C(=O)CC[C@]35C)[C@@H]1CC[C@@H]2O. The van der Waals surface area contributed by atoms with Gasteiger partial charge in [-0.15, -0.1) is 0 Å². The van der Waals surface area contributed by atoms with E-state index in [0.717, 1.165) is 38.0 Å². The van der Waals surface area contributed by atoms with Crippen LogP contribution >= 0.6 is 0 Å². The van der Waals surface area contributed by atoms with Gasteiger partial charge < -0.3 is 9.84 Å². The Morgan fingerprint density at radius 2 is 1.86 bits per heavy atom. The predicted octanol–water partition coefficient (Wildman–Crippen LogP) is 3.09. The summed E-state index contributed by atoms with van der Waals surface area (Å²) in [6, 6.07) is 0. The van der Waals surface area contributed by atoms with Gasteiger partial charge in [-0.1, -0.05) is 13.8 Å². The molecule has 4 aliphatic carbocycles. The fourth-order valence-corrected chi connectivity index (χ4v) is 7.47. The van der Waals surface area contributed by atoms with E-state index in [4.69, 9.17) is 4.74 Å². The van der Waals surface area contributed by atoms with Gasteiger partial charge in [0, 0.05) is 11.8 Å². The van der Waals surface area contributed by atoms with Crippen molar-refractivity contribution in [2.24, 2.45) is 28.6 Å². The number of hydrogen-bond donors (Lipinski definition) is 1. The molecule has 1 heterocycles. The van der Waals surface area contributed by atoms with Crippen LogP contribution in [0.25, 0.3) is 0 Å². The summed E-state index contributed by atoms with van der Waals surface area (Å²) in [5.74, 6) is 2.48. The molecule has 22 heavy (non-hydrogen) atoms. The van der Waals surface area contributed by atoms with Crippen molar-refractivity contribution in [2.75, 3.05) is 0 Å². The Balaban J connectivity index is 1.51. The average molecular weight is 304 g/mol. The zero-order valence-corrected chi connectivity index (χ0v) is 13.8. The van der Waals surface area contributed by atoms with Gasteiger partial charge in [0.15, 0.2) is 5.78 Å². The van der Waals surface area contributed by atoms with E-state index in [2.05, 4.69) is 13.8 Å². The summed E-state index contributed by atoms with van der Waals surface area (Å²) in [5.41, 5.74) is 0.244. The van der Waals surface area contributed by atoms with Crippen molar-refractivity contribution in [3.8, 4) is 0 Å². The molecule has 0 bridgehead atoms. The molecule has 5 aliphatic rings. The Morgan fingerprint density at radius 1 is 1.05 bits per heavy atom. The first-order valence-corrected chi connectivity index (χ1v) is 9.31. The van der Waals surface area contributed by atoms with Crippen LogP contribution in [-0.4, -0.2) is 28.7 Å². The number of Topliss-reactive ketones (excluding diaryl/α,β-unsaturated/α-hetero) is 1. The summed E-state index contributed by atoms with van der Waals surface area (Å²) in [6.07, 6.45) is 8.42. The molecular formula is C19H28O3. The summed E-state index contributed by atoms with van der Waals surface area (Å²) < 4.78 is 6.09. The summed E-state index contributed by atoms with van der Waals surface area (Å²) in [7, 11) is 0. The Labute approximate surface area is 132 Å². The highest BCUT2D eigenvalue weighted by atomic mass is 16.6. The van der Waals surface area contributed by atoms with E-state index >= 15 is 0 Å². The molecule has 0 amide bonds. The zero-order chi connectivity index (χ0) is 15.3. The molecule has 1 N–H and O–H groups in total. The first kappa shape index (κ1) is 14.0. The third kappa shape index (κ3) is 1.36. The quantitative estimate of drug-likeness (QED) is 0.700. The van der Waals surface area contributed by atoms with Gasteiger partial charge in [0.2, 0.25) is 0 Å². The minimum absolute atomic E-state index is 0.0744. The molecule has 122 valence electrons. The van der Waals surface area contributed by atoms with Gasteiger partial charge in [-0.3, -0.25) is 4.79 Å². The first-order valence-electron chi connectivity index (χ1n) is 9.31. The maximum Gasteiger partial charge on any atom is 0.164 e. The van der Waals surface area contributed by atoms with Crippen molar-refractivity contribution >= 4 is 5.78 Å². The van der Waals surface area contributed by atoms with Gasteiger partial charge in [-0.2, -0.15) is 0 Å². The lowest BCUT2D eigenvalue weighted by atomic mass is 9.45. The molecule has 5 rings (SSSR count). The Morgan fingerprint density at radius 3 is 2.68 bits per heavy atom. The van der Waals surface area contributed by atoms with E-state index < -0.39 is 0 Å². The number of ketones is 1. The zero-order valence-electron chi connectivity index (χ0n) is 13.8. The Kier molecular flexibility index (Phi) is 2.52. The molecule has 0 aromatic rings. The number of carbonyl (C=O) groups is 1. The predicted molar refractivity (Wildman–Crippen MR) is 82.2 cm³/mol. The standard InChI is InChI=1S/C19H28O3/c1-17-8-6-13-11(12(17)3-4-15(17)21)5-10-19-16(22-19)14(20)7-9-18(13,19)2/h11-13,15-16,21H,3-10H2,1-2H3/t11-,12-,13-,15-,16-,17-,18+,19?/m0/s1. The maximum atomic E-state index is 12.1. The normalized spacial score (nSPS) is 62.7. The molecule has 8 atom stereocenters. The molecule has 0 aromatic carbocycles.